The highest BCUT2D eigenvalue weighted by Crippen LogP contribution is 2.31. The van der Waals surface area contributed by atoms with E-state index in [0.717, 1.165) is 26.1 Å². The predicted molar refractivity (Wildman–Crippen MR) is 113 cm³/mol. The third-order valence-electron chi connectivity index (χ3n) is 5.64. The molecule has 0 spiro atoms. The molecule has 0 radical (unpaired) electrons. The highest BCUT2D eigenvalue weighted by atomic mass is 32.2. The molecule has 2 saturated heterocycles. The molecule has 29 heavy (non-hydrogen) atoms. The Labute approximate surface area is 173 Å². The lowest BCUT2D eigenvalue weighted by atomic mass is 9.99. The van der Waals surface area contributed by atoms with Crippen molar-refractivity contribution in [3.8, 4) is 0 Å². The van der Waals surface area contributed by atoms with Gasteiger partial charge in [-0.05, 0) is 19.4 Å². The van der Waals surface area contributed by atoms with Crippen molar-refractivity contribution in [1.82, 2.24) is 24.1 Å². The monoisotopic (exact) mass is 424 g/mol. The Kier molecular flexibility index (Phi) is 6.75. The molecule has 1 unspecified atom stereocenters. The van der Waals surface area contributed by atoms with Gasteiger partial charge in [-0.1, -0.05) is 6.92 Å². The normalized spacial score (nSPS) is 21.5. The highest BCUT2D eigenvalue weighted by Gasteiger charge is 2.34. The lowest BCUT2D eigenvalue weighted by Gasteiger charge is -2.35. The first-order chi connectivity index (χ1) is 13.7. The first-order valence-electron chi connectivity index (χ1n) is 10.2. The zero-order valence-electron chi connectivity index (χ0n) is 17.8. The van der Waals surface area contributed by atoms with Gasteiger partial charge in [0.25, 0.3) is 5.91 Å². The summed E-state index contributed by atoms with van der Waals surface area (Å²) in [6, 6.07) is 0. The fourth-order valence-electron chi connectivity index (χ4n) is 3.99. The van der Waals surface area contributed by atoms with Gasteiger partial charge in [0.15, 0.2) is 0 Å². The van der Waals surface area contributed by atoms with E-state index in [1.165, 1.54) is 10.6 Å². The summed E-state index contributed by atoms with van der Waals surface area (Å²) >= 11 is 0. The molecule has 1 amide bonds. The van der Waals surface area contributed by atoms with E-state index in [1.54, 1.807) is 11.1 Å². The Morgan fingerprint density at radius 1 is 1.21 bits per heavy atom. The maximum atomic E-state index is 13.3. The van der Waals surface area contributed by atoms with Gasteiger partial charge in [-0.2, -0.15) is 0 Å². The van der Waals surface area contributed by atoms with Crippen molar-refractivity contribution >= 4 is 21.9 Å². The number of sulfonamides is 1. The standard InChI is InChI=1S/C19H32N6O3S/c1-5-7-23-9-11-24(12-10-23)18(26)16-13-20-19(22(2)3)21-17(16)15-6-8-25(14-15)29(4,27)28/h13,15H,5-12,14H2,1-4H3. The number of amides is 1. The number of hydrogen-bond donors (Lipinski definition) is 0. The smallest absolute Gasteiger partial charge is 0.257 e. The first-order valence-corrected chi connectivity index (χ1v) is 12.1. The Morgan fingerprint density at radius 2 is 1.90 bits per heavy atom. The molecule has 10 heteroatoms. The van der Waals surface area contributed by atoms with E-state index in [4.69, 9.17) is 0 Å². The van der Waals surface area contributed by atoms with E-state index in [0.29, 0.717) is 49.8 Å². The van der Waals surface area contributed by atoms with Gasteiger partial charge in [0.2, 0.25) is 16.0 Å². The summed E-state index contributed by atoms with van der Waals surface area (Å²) in [6.45, 7) is 7.14. The third kappa shape index (κ3) is 5.04. The van der Waals surface area contributed by atoms with Gasteiger partial charge in [-0.15, -0.1) is 0 Å². The largest absolute Gasteiger partial charge is 0.347 e. The molecule has 1 aromatic rings. The molecule has 9 nitrogen and oxygen atoms in total. The van der Waals surface area contributed by atoms with Crippen LogP contribution in [0.3, 0.4) is 0 Å². The highest BCUT2D eigenvalue weighted by molar-refractivity contribution is 7.88. The van der Waals surface area contributed by atoms with E-state index >= 15 is 0 Å². The van der Waals surface area contributed by atoms with E-state index in [9.17, 15) is 13.2 Å². The van der Waals surface area contributed by atoms with Crippen LogP contribution in [0, 0.1) is 0 Å². The van der Waals surface area contributed by atoms with Gasteiger partial charge in [-0.3, -0.25) is 9.69 Å². The fourth-order valence-corrected chi connectivity index (χ4v) is 4.88. The average Bonchev–Trinajstić information content (AvgIpc) is 3.18. The number of carbonyl (C=O) groups is 1. The van der Waals surface area contributed by atoms with Crippen molar-refractivity contribution in [2.75, 3.05) is 71.1 Å². The number of aromatic nitrogens is 2. The van der Waals surface area contributed by atoms with Crippen molar-refractivity contribution in [3.63, 3.8) is 0 Å². The molecule has 3 rings (SSSR count). The molecule has 0 aliphatic carbocycles. The SMILES string of the molecule is CCCN1CCN(C(=O)c2cnc(N(C)C)nc2C2CCN(S(C)(=O)=O)C2)CC1. The minimum absolute atomic E-state index is 0.0562. The molecule has 0 bridgehead atoms. The fraction of sp³-hybridized carbons (Fsp3) is 0.737. The maximum Gasteiger partial charge on any atom is 0.257 e. The summed E-state index contributed by atoms with van der Waals surface area (Å²) in [5.74, 6) is 0.369. The van der Waals surface area contributed by atoms with Crippen LogP contribution in [0.1, 0.15) is 41.7 Å². The summed E-state index contributed by atoms with van der Waals surface area (Å²) < 4.78 is 25.3. The third-order valence-corrected chi connectivity index (χ3v) is 6.91. The number of piperazine rings is 1. The molecule has 0 aromatic carbocycles. The molecular weight excluding hydrogens is 392 g/mol. The summed E-state index contributed by atoms with van der Waals surface area (Å²) in [5.41, 5.74) is 1.16. The van der Waals surface area contributed by atoms with Crippen molar-refractivity contribution in [3.05, 3.63) is 17.5 Å². The second kappa shape index (κ2) is 8.93. The quantitative estimate of drug-likeness (QED) is 0.655. The van der Waals surface area contributed by atoms with E-state index in [2.05, 4.69) is 21.8 Å². The van der Waals surface area contributed by atoms with Gasteiger partial charge in [0.05, 0.1) is 17.5 Å². The van der Waals surface area contributed by atoms with E-state index < -0.39 is 10.0 Å². The zero-order chi connectivity index (χ0) is 21.2. The van der Waals surface area contributed by atoms with Crippen LogP contribution < -0.4 is 4.90 Å². The molecule has 0 N–H and O–H groups in total. The van der Waals surface area contributed by atoms with Crippen molar-refractivity contribution in [2.24, 2.45) is 0 Å². The summed E-state index contributed by atoms with van der Waals surface area (Å²) in [5, 5.41) is 0. The maximum absolute atomic E-state index is 13.3. The second-order valence-corrected chi connectivity index (χ2v) is 10.1. The van der Waals surface area contributed by atoms with E-state index in [1.807, 2.05) is 19.0 Å². The molecule has 2 fully saturated rings. The Hall–Kier alpha value is -1.78. The second-order valence-electron chi connectivity index (χ2n) is 8.10. The van der Waals surface area contributed by atoms with Crippen molar-refractivity contribution < 1.29 is 13.2 Å². The lowest BCUT2D eigenvalue weighted by molar-refractivity contribution is 0.0635. The lowest BCUT2D eigenvalue weighted by Crippen LogP contribution is -2.49. The first kappa shape index (κ1) is 21.9. The Morgan fingerprint density at radius 3 is 2.45 bits per heavy atom. The topological polar surface area (TPSA) is 89.9 Å². The van der Waals surface area contributed by atoms with Gasteiger partial charge in [0, 0.05) is 65.5 Å². The van der Waals surface area contributed by atoms with Crippen LogP contribution in [0.4, 0.5) is 5.95 Å². The van der Waals surface area contributed by atoms with Crippen LogP contribution >= 0.6 is 0 Å². The Balaban J connectivity index is 1.84. The van der Waals surface area contributed by atoms with Crippen LogP contribution in [-0.2, 0) is 10.0 Å². The summed E-state index contributed by atoms with van der Waals surface area (Å²) in [4.78, 5) is 28.3. The molecule has 162 valence electrons. The molecule has 0 saturated carbocycles. The molecule has 3 heterocycles. The number of nitrogens with zero attached hydrogens (tertiary/aromatic N) is 6. The molecule has 1 atom stereocenters. The zero-order valence-corrected chi connectivity index (χ0v) is 18.7. The number of carbonyl (C=O) groups excluding carboxylic acids is 1. The van der Waals surface area contributed by atoms with Gasteiger partial charge >= 0.3 is 0 Å². The molecule has 2 aliphatic rings. The van der Waals surface area contributed by atoms with Gasteiger partial charge in [0.1, 0.15) is 0 Å². The van der Waals surface area contributed by atoms with Gasteiger partial charge < -0.3 is 9.80 Å². The summed E-state index contributed by atoms with van der Waals surface area (Å²) in [6.07, 6.45) is 4.60. The van der Waals surface area contributed by atoms with Crippen LogP contribution in [0.2, 0.25) is 0 Å². The van der Waals surface area contributed by atoms with Crippen molar-refractivity contribution in [1.29, 1.82) is 0 Å². The van der Waals surface area contributed by atoms with Crippen molar-refractivity contribution in [2.45, 2.75) is 25.7 Å². The predicted octanol–water partition coefficient (Wildman–Crippen LogP) is 0.459. The number of rotatable bonds is 6. The molecule has 2 aliphatic heterocycles. The van der Waals surface area contributed by atoms with Crippen LogP contribution in [0.25, 0.3) is 0 Å². The van der Waals surface area contributed by atoms with Gasteiger partial charge in [-0.25, -0.2) is 22.7 Å². The minimum Gasteiger partial charge on any atom is -0.347 e. The summed E-state index contributed by atoms with van der Waals surface area (Å²) in [7, 11) is 0.448. The number of hydrogen-bond acceptors (Lipinski definition) is 7. The average molecular weight is 425 g/mol. The molecule has 1 aromatic heterocycles. The van der Waals surface area contributed by atoms with Crippen LogP contribution in [0.5, 0.6) is 0 Å². The van der Waals surface area contributed by atoms with Crippen LogP contribution in [0.15, 0.2) is 6.20 Å². The minimum atomic E-state index is -3.26. The number of anilines is 1. The van der Waals surface area contributed by atoms with E-state index in [-0.39, 0.29) is 11.8 Å². The Bertz CT molecular complexity index is 836. The van der Waals surface area contributed by atoms with Crippen LogP contribution in [-0.4, -0.2) is 105 Å². The molecular formula is C19H32N6O3S.